The molecule has 2 amide bonds. The van der Waals surface area contributed by atoms with Crippen LogP contribution < -0.4 is 0 Å². The van der Waals surface area contributed by atoms with E-state index in [-0.39, 0.29) is 24.7 Å². The number of carbonyl (C=O) groups is 2. The van der Waals surface area contributed by atoms with E-state index in [1.165, 1.54) is 4.90 Å². The van der Waals surface area contributed by atoms with Gasteiger partial charge in [0.05, 0.1) is 0 Å². The summed E-state index contributed by atoms with van der Waals surface area (Å²) in [5.41, 5.74) is 0. The normalized spacial score (nSPS) is 23.2. The highest BCUT2D eigenvalue weighted by Gasteiger charge is 2.35. The van der Waals surface area contributed by atoms with Crippen LogP contribution in [0.4, 0.5) is 4.79 Å². The van der Waals surface area contributed by atoms with Crippen molar-refractivity contribution >= 4 is 12.0 Å². The average molecular weight is 256 g/mol. The minimum atomic E-state index is -0.948. The van der Waals surface area contributed by atoms with Crippen molar-refractivity contribution in [1.29, 1.82) is 0 Å². The van der Waals surface area contributed by atoms with Gasteiger partial charge in [-0.2, -0.15) is 0 Å². The molecule has 5 heteroatoms. The van der Waals surface area contributed by atoms with Gasteiger partial charge in [-0.25, -0.2) is 4.79 Å². The summed E-state index contributed by atoms with van der Waals surface area (Å²) in [5.74, 6) is -0.948. The molecule has 0 saturated carbocycles. The molecule has 1 fully saturated rings. The SMILES string of the molecule is CCCN(CC(=O)O)C(=O)N1C(C)CCC1CC. The summed E-state index contributed by atoms with van der Waals surface area (Å²) < 4.78 is 0. The largest absolute Gasteiger partial charge is 0.480 e. The monoisotopic (exact) mass is 256 g/mol. The predicted octanol–water partition coefficient (Wildman–Crippen LogP) is 2.17. The third-order valence-corrected chi connectivity index (χ3v) is 3.57. The molecule has 0 spiro atoms. The van der Waals surface area contributed by atoms with Crippen LogP contribution in [-0.2, 0) is 4.79 Å². The average Bonchev–Trinajstić information content (AvgIpc) is 2.68. The van der Waals surface area contributed by atoms with Gasteiger partial charge in [-0.1, -0.05) is 13.8 Å². The molecular weight excluding hydrogens is 232 g/mol. The first-order valence-corrected chi connectivity index (χ1v) is 6.80. The lowest BCUT2D eigenvalue weighted by atomic mass is 10.2. The highest BCUT2D eigenvalue weighted by Crippen LogP contribution is 2.27. The highest BCUT2D eigenvalue weighted by atomic mass is 16.4. The summed E-state index contributed by atoms with van der Waals surface area (Å²) in [7, 11) is 0. The zero-order valence-electron chi connectivity index (χ0n) is 11.6. The number of carboxylic acids is 1. The fourth-order valence-corrected chi connectivity index (χ4v) is 2.66. The third-order valence-electron chi connectivity index (χ3n) is 3.57. The third kappa shape index (κ3) is 3.37. The van der Waals surface area contributed by atoms with E-state index in [9.17, 15) is 9.59 Å². The van der Waals surface area contributed by atoms with Crippen molar-refractivity contribution in [2.24, 2.45) is 0 Å². The van der Waals surface area contributed by atoms with Gasteiger partial charge in [0.1, 0.15) is 6.54 Å². The predicted molar refractivity (Wildman–Crippen MR) is 69.5 cm³/mol. The van der Waals surface area contributed by atoms with Gasteiger partial charge in [-0.3, -0.25) is 4.79 Å². The Morgan fingerprint density at radius 2 is 2.00 bits per heavy atom. The second-order valence-electron chi connectivity index (χ2n) is 4.99. The molecule has 104 valence electrons. The Hall–Kier alpha value is -1.26. The first kappa shape index (κ1) is 14.8. The van der Waals surface area contributed by atoms with Crippen molar-refractivity contribution < 1.29 is 14.7 Å². The molecule has 2 atom stereocenters. The van der Waals surface area contributed by atoms with Crippen LogP contribution in [0, 0.1) is 0 Å². The summed E-state index contributed by atoms with van der Waals surface area (Å²) in [5, 5.41) is 8.88. The van der Waals surface area contributed by atoms with E-state index in [1.807, 2.05) is 18.7 Å². The van der Waals surface area contributed by atoms with E-state index in [2.05, 4.69) is 6.92 Å². The standard InChI is InChI=1S/C13H24N2O3/c1-4-8-14(9-12(16)17)13(18)15-10(3)6-7-11(15)5-2/h10-11H,4-9H2,1-3H3,(H,16,17). The molecule has 1 N–H and O–H groups in total. The Morgan fingerprint density at radius 1 is 1.33 bits per heavy atom. The van der Waals surface area contributed by atoms with Crippen molar-refractivity contribution in [3.05, 3.63) is 0 Å². The van der Waals surface area contributed by atoms with Crippen molar-refractivity contribution in [3.63, 3.8) is 0 Å². The van der Waals surface area contributed by atoms with Crippen molar-refractivity contribution in [2.75, 3.05) is 13.1 Å². The Bertz CT molecular complexity index is 307. The van der Waals surface area contributed by atoms with Gasteiger partial charge in [-0.15, -0.1) is 0 Å². The Kier molecular flexibility index (Phi) is 5.44. The van der Waals surface area contributed by atoms with Crippen LogP contribution in [0.1, 0.15) is 46.5 Å². The van der Waals surface area contributed by atoms with Crippen molar-refractivity contribution in [2.45, 2.75) is 58.5 Å². The summed E-state index contributed by atoms with van der Waals surface area (Å²) in [6, 6.07) is 0.368. The molecule has 1 saturated heterocycles. The van der Waals surface area contributed by atoms with Crippen LogP contribution in [0.3, 0.4) is 0 Å². The smallest absolute Gasteiger partial charge is 0.323 e. The summed E-state index contributed by atoms with van der Waals surface area (Å²) in [6.45, 7) is 6.37. The molecule has 1 aliphatic heterocycles. The van der Waals surface area contributed by atoms with Crippen LogP contribution in [0.15, 0.2) is 0 Å². The lowest BCUT2D eigenvalue weighted by Gasteiger charge is -2.33. The molecule has 18 heavy (non-hydrogen) atoms. The molecule has 0 aromatic carbocycles. The van der Waals surface area contributed by atoms with Gasteiger partial charge in [0.25, 0.3) is 0 Å². The minimum absolute atomic E-state index is 0.115. The number of hydrogen-bond acceptors (Lipinski definition) is 2. The van der Waals surface area contributed by atoms with E-state index < -0.39 is 5.97 Å². The number of carboxylic acid groups (broad SMARTS) is 1. The zero-order chi connectivity index (χ0) is 13.7. The topological polar surface area (TPSA) is 60.9 Å². The molecule has 1 rings (SSSR count). The number of rotatable bonds is 5. The number of amides is 2. The van der Waals surface area contributed by atoms with Crippen molar-refractivity contribution in [1.82, 2.24) is 9.80 Å². The Labute approximate surface area is 109 Å². The van der Waals surface area contributed by atoms with Gasteiger partial charge in [0, 0.05) is 18.6 Å². The molecule has 5 nitrogen and oxygen atoms in total. The minimum Gasteiger partial charge on any atom is -0.480 e. The van der Waals surface area contributed by atoms with Gasteiger partial charge in [0.2, 0.25) is 0 Å². The van der Waals surface area contributed by atoms with E-state index in [0.29, 0.717) is 6.54 Å². The quantitative estimate of drug-likeness (QED) is 0.820. The van der Waals surface area contributed by atoms with Gasteiger partial charge < -0.3 is 14.9 Å². The molecule has 0 aromatic heterocycles. The lowest BCUT2D eigenvalue weighted by molar-refractivity contribution is -0.137. The summed E-state index contributed by atoms with van der Waals surface area (Å²) >= 11 is 0. The molecular formula is C13H24N2O3. The van der Waals surface area contributed by atoms with Crippen LogP contribution in [0.25, 0.3) is 0 Å². The van der Waals surface area contributed by atoms with Gasteiger partial charge >= 0.3 is 12.0 Å². The second kappa shape index (κ2) is 6.61. The Morgan fingerprint density at radius 3 is 2.50 bits per heavy atom. The van der Waals surface area contributed by atoms with Gasteiger partial charge in [-0.05, 0) is 32.6 Å². The maximum atomic E-state index is 12.4. The number of carbonyl (C=O) groups excluding carboxylic acids is 1. The summed E-state index contributed by atoms with van der Waals surface area (Å²) in [4.78, 5) is 26.6. The van der Waals surface area contributed by atoms with Crippen LogP contribution in [0.2, 0.25) is 0 Å². The summed E-state index contributed by atoms with van der Waals surface area (Å²) in [6.07, 6.45) is 3.74. The number of nitrogens with zero attached hydrogens (tertiary/aromatic N) is 2. The van der Waals surface area contributed by atoms with Crippen LogP contribution >= 0.6 is 0 Å². The molecule has 0 radical (unpaired) electrons. The molecule has 2 unspecified atom stereocenters. The van der Waals surface area contributed by atoms with E-state index >= 15 is 0 Å². The zero-order valence-corrected chi connectivity index (χ0v) is 11.6. The molecule has 0 aliphatic carbocycles. The van der Waals surface area contributed by atoms with Crippen molar-refractivity contribution in [3.8, 4) is 0 Å². The Balaban J connectivity index is 2.77. The molecule has 0 bridgehead atoms. The molecule has 1 aliphatic rings. The van der Waals surface area contributed by atoms with E-state index in [0.717, 1.165) is 25.7 Å². The lowest BCUT2D eigenvalue weighted by Crippen LogP contribution is -2.49. The molecule has 1 heterocycles. The number of aliphatic carboxylic acids is 1. The second-order valence-corrected chi connectivity index (χ2v) is 4.99. The first-order chi connectivity index (χ1) is 8.51. The fourth-order valence-electron chi connectivity index (χ4n) is 2.66. The number of urea groups is 1. The fraction of sp³-hybridized carbons (Fsp3) is 0.846. The van der Waals surface area contributed by atoms with Crippen LogP contribution in [-0.4, -0.2) is 52.1 Å². The van der Waals surface area contributed by atoms with Gasteiger partial charge in [0.15, 0.2) is 0 Å². The maximum Gasteiger partial charge on any atom is 0.323 e. The van der Waals surface area contributed by atoms with E-state index in [4.69, 9.17) is 5.11 Å². The number of hydrogen-bond donors (Lipinski definition) is 1. The number of likely N-dealkylation sites (tertiary alicyclic amines) is 1. The maximum absolute atomic E-state index is 12.4. The molecule has 0 aromatic rings. The first-order valence-electron chi connectivity index (χ1n) is 6.80. The highest BCUT2D eigenvalue weighted by molar-refractivity contribution is 5.80. The van der Waals surface area contributed by atoms with E-state index in [1.54, 1.807) is 0 Å². The van der Waals surface area contributed by atoms with Crippen LogP contribution in [0.5, 0.6) is 0 Å².